The molecule has 15 atom stereocenters. The Kier molecular flexibility index (Phi) is 43.2. The molecule has 1 saturated carbocycles. The van der Waals surface area contributed by atoms with Crippen molar-refractivity contribution in [3.8, 4) is 5.75 Å². The number of likely N-dealkylation sites (N-methyl/N-ethyl adjacent to an activating group) is 1. The number of benzene rings is 3. The second-order valence-corrected chi connectivity index (χ2v) is 36.8. The number of hydrogen-bond acceptors (Lipinski definition) is 36. The molecule has 6 aliphatic rings. The second kappa shape index (κ2) is 52.7. The fourth-order valence-corrected chi connectivity index (χ4v) is 21.2. The van der Waals surface area contributed by atoms with Crippen LogP contribution in [0.3, 0.4) is 0 Å². The first kappa shape index (κ1) is 112. The molecule has 3 aromatic heterocycles. The van der Waals surface area contributed by atoms with Gasteiger partial charge in [0.15, 0.2) is 28.5 Å². The second-order valence-electron chi connectivity index (χ2n) is 34.1. The minimum Gasteiger partial charge on any atom is -0.496 e. The molecule has 18 N–H and O–H groups in total. The van der Waals surface area contributed by atoms with Gasteiger partial charge in [-0.2, -0.15) is 52.9 Å². The summed E-state index contributed by atoms with van der Waals surface area (Å²) in [6.45, 7) is 17.4. The van der Waals surface area contributed by atoms with Crippen molar-refractivity contribution < 1.29 is 121 Å². The first-order valence-corrected chi connectivity index (χ1v) is 46.5. The normalized spacial score (nSPS) is 22.4. The Morgan fingerprint density at radius 2 is 1.42 bits per heavy atom. The maximum atomic E-state index is 15.1. The van der Waals surface area contributed by atoms with Gasteiger partial charge >= 0.3 is 42.8 Å². The number of para-hydroxylation sites is 1. The summed E-state index contributed by atoms with van der Waals surface area (Å²) in [6, 6.07) is 15.8. The fraction of sp³-hybridized carbons (Fsp3) is 0.527. The SMILES string of the molecule is CCC1(O)CC2CN(CCc3c([nH]c4ccccc34)[C@@](C)(c3cc4c(cc3OC)N(C)[C@H]3[C@](O)(C(=O)NNC(=O)OCCSSCCCC(=O)[C@H](C)NC(=O)[C@H](C)CC(=O)[C@@H](C)CCCN=C(N)N)[C@H](O)[C@]5(CC)C=CCN6CC[C@]43[C@@H]65)C2)C1.CNC(=O)[C@H](C)CC(=O)CC[C@H](NC(=O)c1ccc(NCc2cnc3nc(N)[nH]c(=O)c3n2)cc1)C(=O)O.O=C=O.O=C=O.O=C=O.O=C=O.O=C=O. The Bertz CT molecular complexity index is 5480. The number of guanidine groups is 1. The van der Waals surface area contributed by atoms with Gasteiger partial charge in [0.2, 0.25) is 17.8 Å². The van der Waals surface area contributed by atoms with E-state index in [0.717, 1.165) is 54.0 Å². The maximum absolute atomic E-state index is 15.1. The molecule has 740 valence electrons. The van der Waals surface area contributed by atoms with Gasteiger partial charge in [-0.25, -0.2) is 25.0 Å². The number of aromatic nitrogens is 5. The average Bonchev–Trinajstić information content (AvgIpc) is 1.48. The molecule has 44 nitrogen and oxygen atoms in total. The van der Waals surface area contributed by atoms with Crippen LogP contribution in [0, 0.1) is 29.1 Å². The molecule has 2 saturated heterocycles. The number of ketones is 3. The summed E-state index contributed by atoms with van der Waals surface area (Å²) in [6.07, 6.45) is 10.0. The number of hydrogen-bond donors (Lipinski definition) is 15. The van der Waals surface area contributed by atoms with E-state index in [9.17, 15) is 63.6 Å². The van der Waals surface area contributed by atoms with Crippen LogP contribution in [0.2, 0.25) is 0 Å². The van der Waals surface area contributed by atoms with Gasteiger partial charge in [-0.05, 0) is 138 Å². The number of methoxy groups -OCH3 is 1. The highest BCUT2D eigenvalue weighted by Gasteiger charge is 2.79. The smallest absolute Gasteiger partial charge is 0.426 e. The third-order valence-corrected chi connectivity index (χ3v) is 28.0. The molecule has 6 aromatic rings. The van der Waals surface area contributed by atoms with Crippen LogP contribution in [0.25, 0.3) is 22.1 Å². The molecular weight excluding hydrogens is 1830 g/mol. The molecule has 5 amide bonds. The third-order valence-electron chi connectivity index (χ3n) is 25.5. The summed E-state index contributed by atoms with van der Waals surface area (Å²) in [5.41, 5.74) is 22.4. The molecule has 8 heterocycles. The molecule has 1 aliphatic carbocycles. The number of carbonyl (C=O) groups excluding carboxylic acids is 18. The number of aromatic amines is 2. The lowest BCUT2D eigenvalue weighted by atomic mass is 9.47. The van der Waals surface area contributed by atoms with E-state index in [0.29, 0.717) is 99.8 Å². The maximum Gasteiger partial charge on any atom is 0.426 e. The summed E-state index contributed by atoms with van der Waals surface area (Å²) >= 11 is 0. The molecule has 0 radical (unpaired) electrons. The number of carboxylic acids is 1. The van der Waals surface area contributed by atoms with Crippen molar-refractivity contribution >= 4 is 151 Å². The average molecular weight is 1940 g/mol. The number of nitrogens with two attached hydrogens (primary N) is 3. The van der Waals surface area contributed by atoms with Crippen molar-refractivity contribution in [1.29, 1.82) is 0 Å². The molecule has 137 heavy (non-hydrogen) atoms. The Balaban J connectivity index is 0.000000449. The standard InChI is InChI=1S/C62H90N10O10S2.C24H28N8O6.5CO2/c1-9-59(79)34-40-33-58(6,50-42(20-25-71(35-40)36-59)41-17-11-12-18-45(41)67-50)44-31-43-46(32-49(44)81-8)70(7)53-61(43)22-26-72-24-15-21-60(10-2,52(61)72)54(76)62(53,80)55(77)68-69-57(78)82-27-29-84-83-28-14-19-47(73)39(5)66-51(75)38(4)30-48(74)37(3)16-13-23-65-56(63)64;1-12(20(34)26-2)9-16(33)7-8-17(23(37)38)30-21(35)13-3-5-14(6-4-13)27-10-15-11-28-19-18(29-15)22(36)32-24(25)31-19;5*2-1-3/h11-12,15,17-18,21,31-32,37-40,52-54,67,76,79-80H,9-10,13-14,16,19-20,22-30,33-36H2,1-8H3,(H,66,75)(H,68,77)(H,69,78)(H4,63,64,65);3-6,11-12,17,27H,7-10H2,1-2H3,(H,26,34)(H,30,35)(H,37,38)(H3,25,28,31,32,36);;;;;/t37-,38+,39-,40?,52-,53+,54+,58+,59?,60+,61+,62+;12-,17+;;;;;/m01...../s1. The molecule has 2 bridgehead atoms. The Morgan fingerprint density at radius 1 is 0.759 bits per heavy atom. The highest BCUT2D eigenvalue weighted by atomic mass is 33.1. The Morgan fingerprint density at radius 3 is 2.05 bits per heavy atom. The van der Waals surface area contributed by atoms with E-state index >= 15 is 4.79 Å². The summed E-state index contributed by atoms with van der Waals surface area (Å²) in [5, 5.41) is 59.8. The number of H-pyrrole nitrogens is 2. The van der Waals surface area contributed by atoms with Gasteiger partial charge in [-0.3, -0.25) is 63.6 Å². The largest absolute Gasteiger partial charge is 0.496 e. The van der Waals surface area contributed by atoms with Crippen LogP contribution in [0.15, 0.2) is 88.8 Å². The number of aliphatic imine (C=N–C) groups is 1. The first-order valence-electron chi connectivity index (χ1n) is 44.0. The molecule has 1 spiro atoms. The lowest BCUT2D eigenvalue weighted by Crippen LogP contribution is -2.82. The molecule has 3 aromatic carbocycles. The number of nitrogens with one attached hydrogen (secondary N) is 8. The van der Waals surface area contributed by atoms with E-state index in [1.807, 2.05) is 37.9 Å². The lowest BCUT2D eigenvalue weighted by molar-refractivity contribution is -0.204. The number of nitrogens with zero attached hydrogens (tertiary/aromatic N) is 7. The van der Waals surface area contributed by atoms with Gasteiger partial charge in [-0.1, -0.05) is 86.6 Å². The van der Waals surface area contributed by atoms with Gasteiger partial charge in [0.05, 0.1) is 43.2 Å². The summed E-state index contributed by atoms with van der Waals surface area (Å²) in [4.78, 5) is 237. The minimum atomic E-state index is -2.46. The van der Waals surface area contributed by atoms with E-state index in [1.165, 1.54) is 57.9 Å². The summed E-state index contributed by atoms with van der Waals surface area (Å²) < 4.78 is 11.9. The topological polar surface area (TPSA) is 683 Å². The molecule has 3 unspecified atom stereocenters. The van der Waals surface area contributed by atoms with Gasteiger partial charge < -0.3 is 78.3 Å². The summed E-state index contributed by atoms with van der Waals surface area (Å²) in [7, 11) is 8.00. The number of ether oxygens (including phenoxy) is 2. The number of aliphatic hydroxyl groups excluding tert-OH is 1. The number of carboxylic acid groups (broad SMARTS) is 1. The number of carbonyl (C=O) groups is 9. The highest BCUT2D eigenvalue weighted by molar-refractivity contribution is 8.76. The van der Waals surface area contributed by atoms with E-state index in [-0.39, 0.29) is 152 Å². The predicted octanol–water partition coefficient (Wildman–Crippen LogP) is 2.67. The van der Waals surface area contributed by atoms with Crippen LogP contribution in [0.4, 0.5) is 22.1 Å². The number of hydrazine groups is 1. The quantitative estimate of drug-likeness (QED) is 0.00679. The van der Waals surface area contributed by atoms with E-state index in [1.54, 1.807) is 40.0 Å². The van der Waals surface area contributed by atoms with Gasteiger partial charge in [0, 0.05) is 169 Å². The molecule has 12 rings (SSSR count). The lowest BCUT2D eigenvalue weighted by Gasteiger charge is -2.63. The number of aliphatic hydroxyl groups is 3. The fourth-order valence-electron chi connectivity index (χ4n) is 19.3. The zero-order chi connectivity index (χ0) is 102. The first-order chi connectivity index (χ1) is 65.1. The zero-order valence-corrected chi connectivity index (χ0v) is 79.3. The number of nitrogen functional groups attached to an aromatic ring is 1. The number of anilines is 3. The van der Waals surface area contributed by atoms with Gasteiger partial charge in [-0.15, -0.1) is 0 Å². The number of rotatable bonds is 35. The van der Waals surface area contributed by atoms with Crippen LogP contribution >= 0.6 is 21.6 Å². The Labute approximate surface area is 795 Å². The van der Waals surface area contributed by atoms with Crippen molar-refractivity contribution in [2.24, 2.45) is 45.5 Å². The number of piperidine rings is 1. The summed E-state index contributed by atoms with van der Waals surface area (Å²) in [5.74, 6) is -3.42. The van der Waals surface area contributed by atoms with Crippen LogP contribution in [-0.4, -0.2) is 265 Å². The minimum absolute atomic E-state index is 0.00169. The molecule has 3 fully saturated rings. The zero-order valence-electron chi connectivity index (χ0n) is 77.6. The third kappa shape index (κ3) is 28.0. The van der Waals surface area contributed by atoms with E-state index < -0.39 is 92.9 Å². The predicted molar refractivity (Wildman–Crippen MR) is 492 cm³/mol. The van der Waals surface area contributed by atoms with Crippen molar-refractivity contribution in [3.05, 3.63) is 123 Å². The number of fused-ring (bicyclic) bond motifs is 7. The van der Waals surface area contributed by atoms with Crippen molar-refractivity contribution in [2.75, 3.05) is 94.5 Å². The Hall–Kier alpha value is -13.3. The van der Waals surface area contributed by atoms with E-state index in [2.05, 4.69) is 122 Å². The molecular formula is C91H118N18O26S2. The van der Waals surface area contributed by atoms with Crippen LogP contribution < -0.4 is 64.5 Å². The van der Waals surface area contributed by atoms with Gasteiger partial charge in [0.1, 0.15) is 36.1 Å². The monoisotopic (exact) mass is 1940 g/mol. The van der Waals surface area contributed by atoms with Crippen molar-refractivity contribution in [2.45, 2.75) is 197 Å². The van der Waals surface area contributed by atoms with Crippen molar-refractivity contribution in [1.82, 2.24) is 61.5 Å². The number of Topliss-reactive ketones (excluding diaryl/α,β-unsaturated/α-hetero) is 3. The highest BCUT2D eigenvalue weighted by Crippen LogP contribution is 2.68. The number of aliphatic carboxylic acids is 1. The number of amides is 5. The van der Waals surface area contributed by atoms with E-state index in [4.69, 9.17) is 74.6 Å². The molecule has 46 heteroatoms. The van der Waals surface area contributed by atoms with Crippen molar-refractivity contribution in [3.63, 3.8) is 0 Å². The van der Waals surface area contributed by atoms with Gasteiger partial charge in [0.25, 0.3) is 17.4 Å². The van der Waals surface area contributed by atoms with Crippen LogP contribution in [0.1, 0.15) is 170 Å². The van der Waals surface area contributed by atoms with Crippen LogP contribution in [-0.2, 0) is 110 Å². The molecule has 5 aliphatic heterocycles. The van der Waals surface area contributed by atoms with Crippen LogP contribution in [0.5, 0.6) is 5.75 Å².